The highest BCUT2D eigenvalue weighted by atomic mass is 32.2. The maximum atomic E-state index is 13.8. The monoisotopic (exact) mass is 462 g/mol. The predicted octanol–water partition coefficient (Wildman–Crippen LogP) is 2.87. The van der Waals surface area contributed by atoms with E-state index in [1.165, 1.54) is 6.07 Å². The summed E-state index contributed by atoms with van der Waals surface area (Å²) >= 11 is 1.56. The number of rotatable bonds is 7. The maximum absolute atomic E-state index is 13.8. The Balaban J connectivity index is 1.55. The molecule has 1 aliphatic heterocycles. The molecule has 0 bridgehead atoms. The van der Waals surface area contributed by atoms with Gasteiger partial charge in [-0.15, -0.1) is 0 Å². The molecule has 8 nitrogen and oxygen atoms in total. The molecule has 32 heavy (non-hydrogen) atoms. The van der Waals surface area contributed by atoms with Gasteiger partial charge in [-0.2, -0.15) is 5.10 Å². The van der Waals surface area contributed by atoms with E-state index in [0.717, 1.165) is 36.4 Å². The SMILES string of the molecule is CC(C)Sc1nc(N2CCOCC2)c2cnn(CCNC(=O)c3c(F)cccc3F)c2n1. The Hall–Kier alpha value is -2.79. The number of ether oxygens (including phenoxy) is 1. The average molecular weight is 463 g/mol. The first-order valence-corrected chi connectivity index (χ1v) is 11.3. The summed E-state index contributed by atoms with van der Waals surface area (Å²) < 4.78 is 34.8. The van der Waals surface area contributed by atoms with Gasteiger partial charge in [-0.25, -0.2) is 23.4 Å². The highest BCUT2D eigenvalue weighted by Crippen LogP contribution is 2.29. The van der Waals surface area contributed by atoms with Crippen molar-refractivity contribution < 1.29 is 18.3 Å². The number of benzene rings is 1. The topological polar surface area (TPSA) is 85.2 Å². The number of hydrogen-bond acceptors (Lipinski definition) is 7. The van der Waals surface area contributed by atoms with Gasteiger partial charge in [0, 0.05) is 24.9 Å². The number of amides is 1. The number of morpholine rings is 1. The molecule has 4 rings (SSSR count). The van der Waals surface area contributed by atoms with Gasteiger partial charge in [0.1, 0.15) is 23.0 Å². The summed E-state index contributed by atoms with van der Waals surface area (Å²) in [5.41, 5.74) is 0.0568. The van der Waals surface area contributed by atoms with Crippen molar-refractivity contribution in [3.8, 4) is 0 Å². The highest BCUT2D eigenvalue weighted by Gasteiger charge is 2.21. The van der Waals surface area contributed by atoms with Crippen LogP contribution in [0, 0.1) is 11.6 Å². The summed E-state index contributed by atoms with van der Waals surface area (Å²) in [5, 5.41) is 8.74. The van der Waals surface area contributed by atoms with E-state index in [-0.39, 0.29) is 13.1 Å². The first kappa shape index (κ1) is 22.4. The number of fused-ring (bicyclic) bond motifs is 1. The fraction of sp³-hybridized carbons (Fsp3) is 0.429. The smallest absolute Gasteiger partial charge is 0.257 e. The molecule has 1 aliphatic rings. The minimum absolute atomic E-state index is 0.132. The lowest BCUT2D eigenvalue weighted by Crippen LogP contribution is -2.37. The summed E-state index contributed by atoms with van der Waals surface area (Å²) in [6.45, 7) is 7.28. The summed E-state index contributed by atoms with van der Waals surface area (Å²) in [4.78, 5) is 23.8. The Labute approximate surface area is 188 Å². The first-order chi connectivity index (χ1) is 15.4. The van der Waals surface area contributed by atoms with E-state index in [2.05, 4.69) is 34.1 Å². The van der Waals surface area contributed by atoms with Crippen molar-refractivity contribution in [2.75, 3.05) is 37.7 Å². The molecule has 0 radical (unpaired) electrons. The van der Waals surface area contributed by atoms with Gasteiger partial charge in [-0.05, 0) is 12.1 Å². The largest absolute Gasteiger partial charge is 0.378 e. The summed E-state index contributed by atoms with van der Waals surface area (Å²) in [6, 6.07) is 3.32. The molecule has 0 unspecified atom stereocenters. The molecular formula is C21H24F2N6O2S. The van der Waals surface area contributed by atoms with Crippen LogP contribution in [0.3, 0.4) is 0 Å². The summed E-state index contributed by atoms with van der Waals surface area (Å²) in [6.07, 6.45) is 1.71. The number of nitrogens with one attached hydrogen (secondary N) is 1. The molecule has 1 N–H and O–H groups in total. The second-order valence-corrected chi connectivity index (χ2v) is 9.10. The van der Waals surface area contributed by atoms with Gasteiger partial charge in [-0.1, -0.05) is 31.7 Å². The van der Waals surface area contributed by atoms with Gasteiger partial charge in [0.2, 0.25) is 0 Å². The van der Waals surface area contributed by atoms with Crippen molar-refractivity contribution in [3.05, 3.63) is 41.6 Å². The van der Waals surface area contributed by atoms with Gasteiger partial charge in [-0.3, -0.25) is 4.79 Å². The molecule has 11 heteroatoms. The predicted molar refractivity (Wildman–Crippen MR) is 118 cm³/mol. The molecule has 0 spiro atoms. The molecule has 0 atom stereocenters. The van der Waals surface area contributed by atoms with Crippen molar-refractivity contribution in [2.45, 2.75) is 30.8 Å². The number of halogens is 2. The van der Waals surface area contributed by atoms with E-state index < -0.39 is 23.1 Å². The van der Waals surface area contributed by atoms with Crippen LogP contribution in [0.4, 0.5) is 14.6 Å². The molecule has 170 valence electrons. The first-order valence-electron chi connectivity index (χ1n) is 10.4. The molecule has 1 aromatic carbocycles. The Kier molecular flexibility index (Phi) is 6.85. The Morgan fingerprint density at radius 1 is 1.22 bits per heavy atom. The molecule has 3 heterocycles. The van der Waals surface area contributed by atoms with Crippen molar-refractivity contribution in [2.24, 2.45) is 0 Å². The lowest BCUT2D eigenvalue weighted by molar-refractivity contribution is 0.0943. The normalized spacial score (nSPS) is 14.3. The van der Waals surface area contributed by atoms with Crippen molar-refractivity contribution in [1.29, 1.82) is 0 Å². The summed E-state index contributed by atoms with van der Waals surface area (Å²) in [5.74, 6) is -1.79. The number of thioether (sulfide) groups is 1. The van der Waals surface area contributed by atoms with Crippen LogP contribution >= 0.6 is 11.8 Å². The zero-order valence-electron chi connectivity index (χ0n) is 17.8. The van der Waals surface area contributed by atoms with Crippen LogP contribution in [0.1, 0.15) is 24.2 Å². The Morgan fingerprint density at radius 2 is 1.94 bits per heavy atom. The quantitative estimate of drug-likeness (QED) is 0.427. The van der Waals surface area contributed by atoms with Crippen molar-refractivity contribution in [1.82, 2.24) is 25.1 Å². The second kappa shape index (κ2) is 9.78. The zero-order valence-corrected chi connectivity index (χ0v) is 18.7. The highest BCUT2D eigenvalue weighted by molar-refractivity contribution is 7.99. The number of aromatic nitrogens is 4. The number of nitrogens with zero attached hydrogens (tertiary/aromatic N) is 5. The van der Waals surface area contributed by atoms with Gasteiger partial charge in [0.25, 0.3) is 5.91 Å². The lowest BCUT2D eigenvalue weighted by Gasteiger charge is -2.28. The molecular weight excluding hydrogens is 438 g/mol. The molecule has 0 saturated carbocycles. The number of carbonyl (C=O) groups is 1. The van der Waals surface area contributed by atoms with Crippen molar-refractivity contribution in [3.63, 3.8) is 0 Å². The summed E-state index contributed by atoms with van der Waals surface area (Å²) in [7, 11) is 0. The fourth-order valence-electron chi connectivity index (χ4n) is 3.44. The van der Waals surface area contributed by atoms with Gasteiger partial charge >= 0.3 is 0 Å². The minimum atomic E-state index is -0.898. The molecule has 2 aromatic heterocycles. The van der Waals surface area contributed by atoms with Gasteiger partial charge < -0.3 is 15.0 Å². The van der Waals surface area contributed by atoms with E-state index in [9.17, 15) is 13.6 Å². The second-order valence-electron chi connectivity index (χ2n) is 7.55. The van der Waals surface area contributed by atoms with Crippen molar-refractivity contribution >= 4 is 34.5 Å². The Bertz CT molecular complexity index is 1100. The van der Waals surface area contributed by atoms with E-state index in [4.69, 9.17) is 9.72 Å². The fourth-order valence-corrected chi connectivity index (χ4v) is 4.14. The van der Waals surface area contributed by atoms with Crippen LogP contribution in [-0.4, -0.2) is 63.8 Å². The maximum Gasteiger partial charge on any atom is 0.257 e. The molecule has 1 fully saturated rings. The standard InChI is InChI=1S/C21H24F2N6O2S/c1-13(2)32-21-26-18(28-8-10-31-11-9-28)14-12-25-29(19(14)27-21)7-6-24-20(30)17-15(22)4-3-5-16(17)23/h3-5,12-13H,6-11H2,1-2H3,(H,24,30). The number of carbonyl (C=O) groups excluding carboxylic acids is 1. The third-order valence-corrected chi connectivity index (χ3v) is 5.77. The van der Waals surface area contributed by atoms with Crippen LogP contribution in [0.25, 0.3) is 11.0 Å². The van der Waals surface area contributed by atoms with E-state index in [1.807, 2.05) is 0 Å². The van der Waals surface area contributed by atoms with Crippen LogP contribution in [0.2, 0.25) is 0 Å². The van der Waals surface area contributed by atoms with Crippen LogP contribution in [0.5, 0.6) is 0 Å². The third kappa shape index (κ3) is 4.83. The average Bonchev–Trinajstić information content (AvgIpc) is 3.16. The zero-order chi connectivity index (χ0) is 22.7. The third-order valence-electron chi connectivity index (χ3n) is 4.91. The van der Waals surface area contributed by atoms with E-state index in [1.54, 1.807) is 22.6 Å². The number of hydrogen-bond donors (Lipinski definition) is 1. The Morgan fingerprint density at radius 3 is 2.62 bits per heavy atom. The van der Waals surface area contributed by atoms with Crippen LogP contribution in [-0.2, 0) is 11.3 Å². The number of anilines is 1. The van der Waals surface area contributed by atoms with Crippen LogP contribution < -0.4 is 10.2 Å². The van der Waals surface area contributed by atoms with Crippen LogP contribution in [0.15, 0.2) is 29.6 Å². The van der Waals surface area contributed by atoms with E-state index >= 15 is 0 Å². The molecule has 0 aliphatic carbocycles. The molecule has 1 amide bonds. The minimum Gasteiger partial charge on any atom is -0.378 e. The lowest BCUT2D eigenvalue weighted by atomic mass is 10.2. The van der Waals surface area contributed by atoms with Gasteiger partial charge in [0.05, 0.1) is 31.3 Å². The molecule has 1 saturated heterocycles. The van der Waals surface area contributed by atoms with Gasteiger partial charge in [0.15, 0.2) is 10.8 Å². The van der Waals surface area contributed by atoms with E-state index in [0.29, 0.717) is 29.3 Å². The molecule has 3 aromatic rings.